The largest absolute Gasteiger partial charge is 0.508 e. The highest BCUT2D eigenvalue weighted by Gasteiger charge is 2.60. The third-order valence-corrected chi connectivity index (χ3v) is 7.37. The van der Waals surface area contributed by atoms with E-state index in [9.17, 15) is 10.2 Å². The maximum Gasteiger partial charge on any atom is 0.115 e. The summed E-state index contributed by atoms with van der Waals surface area (Å²) in [5, 5.41) is 20.7. The van der Waals surface area contributed by atoms with Crippen molar-refractivity contribution in [2.24, 2.45) is 23.0 Å². The summed E-state index contributed by atoms with van der Waals surface area (Å²) in [4.78, 5) is 0. The van der Waals surface area contributed by atoms with Gasteiger partial charge in [0.25, 0.3) is 0 Å². The van der Waals surface area contributed by atoms with Gasteiger partial charge in [-0.05, 0) is 79.5 Å². The molecule has 120 valence electrons. The number of rotatable bonds is 1. The van der Waals surface area contributed by atoms with Gasteiger partial charge in [0.1, 0.15) is 5.75 Å². The topological polar surface area (TPSA) is 66.5 Å². The molecule has 2 fully saturated rings. The molecule has 0 heterocycles. The van der Waals surface area contributed by atoms with Crippen LogP contribution in [0.5, 0.6) is 5.75 Å². The Kier molecular flexibility index (Phi) is 3.11. The zero-order valence-corrected chi connectivity index (χ0v) is 13.4. The molecule has 0 amide bonds. The first-order chi connectivity index (χ1) is 10.5. The highest BCUT2D eigenvalue weighted by molar-refractivity contribution is 5.40. The van der Waals surface area contributed by atoms with Crippen LogP contribution >= 0.6 is 0 Å². The molecule has 4 rings (SSSR count). The molecule has 3 nitrogen and oxygen atoms in total. The van der Waals surface area contributed by atoms with Crippen LogP contribution in [-0.2, 0) is 6.42 Å². The number of fused-ring (bicyclic) bond motifs is 5. The first-order valence-electron chi connectivity index (χ1n) is 8.73. The molecule has 0 bridgehead atoms. The minimum Gasteiger partial charge on any atom is -0.508 e. The predicted octanol–water partition coefficient (Wildman–Crippen LogP) is 2.94. The molecule has 0 aliphatic heterocycles. The number of benzene rings is 1. The van der Waals surface area contributed by atoms with Gasteiger partial charge in [0, 0.05) is 12.0 Å². The number of hydrogen-bond acceptors (Lipinski definition) is 3. The van der Waals surface area contributed by atoms with Gasteiger partial charge in [-0.15, -0.1) is 0 Å². The van der Waals surface area contributed by atoms with Crippen molar-refractivity contribution in [2.75, 3.05) is 6.54 Å². The van der Waals surface area contributed by atoms with Crippen LogP contribution in [0.4, 0.5) is 0 Å². The number of aromatic hydroxyl groups is 1. The molecule has 3 aliphatic carbocycles. The van der Waals surface area contributed by atoms with Gasteiger partial charge in [0.15, 0.2) is 0 Å². The van der Waals surface area contributed by atoms with Crippen LogP contribution in [0.25, 0.3) is 0 Å². The van der Waals surface area contributed by atoms with Crippen molar-refractivity contribution < 1.29 is 10.2 Å². The van der Waals surface area contributed by atoms with E-state index in [0.717, 1.165) is 32.1 Å². The second-order valence-electron chi connectivity index (χ2n) is 8.03. The lowest BCUT2D eigenvalue weighted by Crippen LogP contribution is -2.54. The molecule has 1 aromatic rings. The van der Waals surface area contributed by atoms with Gasteiger partial charge in [-0.25, -0.2) is 0 Å². The molecule has 0 spiro atoms. The average Bonchev–Trinajstić information content (AvgIpc) is 2.79. The Bertz CT molecular complexity index is 601. The number of phenols is 1. The molecule has 4 N–H and O–H groups in total. The van der Waals surface area contributed by atoms with Crippen LogP contribution in [0.2, 0.25) is 0 Å². The maximum atomic E-state index is 11.0. The fraction of sp³-hybridized carbons (Fsp3) is 0.684. The maximum absolute atomic E-state index is 11.0. The van der Waals surface area contributed by atoms with Crippen LogP contribution in [-0.4, -0.2) is 22.4 Å². The van der Waals surface area contributed by atoms with Crippen molar-refractivity contribution in [3.63, 3.8) is 0 Å². The third-order valence-electron chi connectivity index (χ3n) is 7.37. The van der Waals surface area contributed by atoms with Crippen LogP contribution in [0.1, 0.15) is 56.1 Å². The number of hydrogen-bond donors (Lipinski definition) is 3. The lowest BCUT2D eigenvalue weighted by molar-refractivity contribution is -0.0959. The summed E-state index contributed by atoms with van der Waals surface area (Å²) in [6, 6.07) is 5.92. The van der Waals surface area contributed by atoms with Gasteiger partial charge < -0.3 is 15.9 Å². The Morgan fingerprint density at radius 1 is 1.23 bits per heavy atom. The van der Waals surface area contributed by atoms with Crippen molar-refractivity contribution in [1.29, 1.82) is 0 Å². The van der Waals surface area contributed by atoms with Gasteiger partial charge in [0.2, 0.25) is 0 Å². The second-order valence-corrected chi connectivity index (χ2v) is 8.03. The number of aliphatic hydroxyl groups is 1. The molecule has 1 aromatic carbocycles. The minimum atomic E-state index is -0.669. The number of phenolic OH excluding ortho intramolecular Hbond substituents is 1. The molecule has 0 aromatic heterocycles. The van der Waals surface area contributed by atoms with Crippen molar-refractivity contribution in [3.8, 4) is 5.75 Å². The summed E-state index contributed by atoms with van der Waals surface area (Å²) in [5.74, 6) is 2.23. The van der Waals surface area contributed by atoms with E-state index in [4.69, 9.17) is 5.73 Å². The van der Waals surface area contributed by atoms with Crippen molar-refractivity contribution in [2.45, 2.75) is 57.0 Å². The highest BCUT2D eigenvalue weighted by Crippen LogP contribution is 2.64. The normalized spacial score (nSPS) is 43.3. The first-order valence-corrected chi connectivity index (χ1v) is 8.73. The van der Waals surface area contributed by atoms with Crippen molar-refractivity contribution in [1.82, 2.24) is 0 Å². The van der Waals surface area contributed by atoms with E-state index in [1.54, 1.807) is 0 Å². The fourth-order valence-corrected chi connectivity index (χ4v) is 6.01. The summed E-state index contributed by atoms with van der Waals surface area (Å²) in [6.07, 6.45) is 6.40. The lowest BCUT2D eigenvalue weighted by atomic mass is 9.53. The summed E-state index contributed by atoms with van der Waals surface area (Å²) in [7, 11) is 0. The number of nitrogens with two attached hydrogens (primary N) is 1. The standard InChI is InChI=1S/C19H27NO2/c1-18-8-6-15-14-5-3-13(21)10-12(14)2-4-16(15)17(18)7-9-19(18,22)11-20/h3,5,10,15-17,21-22H,2,4,6-9,11,20H2,1H3/t15-,16-,17+,18+,19-/m1/s1. The quantitative estimate of drug-likeness (QED) is 0.747. The van der Waals surface area contributed by atoms with E-state index < -0.39 is 5.60 Å². The summed E-state index contributed by atoms with van der Waals surface area (Å²) < 4.78 is 0. The molecule has 3 aliphatic rings. The van der Waals surface area contributed by atoms with E-state index in [-0.39, 0.29) is 5.41 Å². The Morgan fingerprint density at radius 2 is 2.05 bits per heavy atom. The van der Waals surface area contributed by atoms with Gasteiger partial charge in [-0.1, -0.05) is 13.0 Å². The van der Waals surface area contributed by atoms with E-state index in [0.29, 0.717) is 30.0 Å². The Labute approximate surface area is 132 Å². The van der Waals surface area contributed by atoms with Crippen LogP contribution in [0.3, 0.4) is 0 Å². The fourth-order valence-electron chi connectivity index (χ4n) is 6.01. The second kappa shape index (κ2) is 4.72. The Morgan fingerprint density at radius 3 is 2.82 bits per heavy atom. The van der Waals surface area contributed by atoms with Gasteiger partial charge >= 0.3 is 0 Å². The van der Waals surface area contributed by atoms with E-state index >= 15 is 0 Å². The van der Waals surface area contributed by atoms with Gasteiger partial charge in [0.05, 0.1) is 5.60 Å². The summed E-state index contributed by atoms with van der Waals surface area (Å²) >= 11 is 0. The molecular weight excluding hydrogens is 274 g/mol. The first kappa shape index (κ1) is 14.5. The molecule has 3 heteroatoms. The SMILES string of the molecule is C[C@]12CC[C@@H]3c4ccc(O)cc4CC[C@H]3[C@@H]1CC[C@@]2(O)CN. The van der Waals surface area contributed by atoms with E-state index in [1.165, 1.54) is 17.5 Å². The Hall–Kier alpha value is -1.06. The number of aryl methyl sites for hydroxylation is 1. The Balaban J connectivity index is 1.70. The van der Waals surface area contributed by atoms with Crippen LogP contribution in [0.15, 0.2) is 18.2 Å². The molecule has 0 unspecified atom stereocenters. The molecular formula is C19H27NO2. The third kappa shape index (κ3) is 1.75. The molecule has 2 saturated carbocycles. The van der Waals surface area contributed by atoms with Crippen LogP contribution < -0.4 is 5.73 Å². The van der Waals surface area contributed by atoms with E-state index in [1.807, 2.05) is 12.1 Å². The zero-order valence-electron chi connectivity index (χ0n) is 13.4. The monoisotopic (exact) mass is 301 g/mol. The minimum absolute atomic E-state index is 0.0165. The lowest BCUT2D eigenvalue weighted by Gasteiger charge is -2.53. The van der Waals surface area contributed by atoms with Crippen LogP contribution in [0, 0.1) is 17.3 Å². The molecule has 0 radical (unpaired) electrons. The van der Waals surface area contributed by atoms with E-state index in [2.05, 4.69) is 13.0 Å². The molecule has 0 saturated heterocycles. The summed E-state index contributed by atoms with van der Waals surface area (Å²) in [5.41, 5.74) is 8.03. The van der Waals surface area contributed by atoms with Gasteiger partial charge in [-0.2, -0.15) is 0 Å². The van der Waals surface area contributed by atoms with Gasteiger partial charge in [-0.3, -0.25) is 0 Å². The smallest absolute Gasteiger partial charge is 0.115 e. The predicted molar refractivity (Wildman–Crippen MR) is 86.7 cm³/mol. The molecule has 5 atom stereocenters. The summed E-state index contributed by atoms with van der Waals surface area (Å²) in [6.45, 7) is 2.67. The van der Waals surface area contributed by atoms with Crippen molar-refractivity contribution >= 4 is 0 Å². The molecule has 22 heavy (non-hydrogen) atoms. The van der Waals surface area contributed by atoms with Crippen molar-refractivity contribution in [3.05, 3.63) is 29.3 Å². The zero-order chi connectivity index (χ0) is 15.5. The average molecular weight is 301 g/mol. The highest BCUT2D eigenvalue weighted by atomic mass is 16.3.